The Balaban J connectivity index is 1.89. The van der Waals surface area contributed by atoms with Crippen molar-refractivity contribution in [3.63, 3.8) is 0 Å². The van der Waals surface area contributed by atoms with Crippen molar-refractivity contribution < 1.29 is 9.53 Å². The fourth-order valence-electron chi connectivity index (χ4n) is 1.78. The number of hydrogen-bond donors (Lipinski definition) is 1. The molecule has 5 heteroatoms. The van der Waals surface area contributed by atoms with Crippen molar-refractivity contribution in [2.24, 2.45) is 0 Å². The number of nitriles is 2. The van der Waals surface area contributed by atoms with Gasteiger partial charge in [0.15, 0.2) is 6.61 Å². The van der Waals surface area contributed by atoms with Crippen molar-refractivity contribution in [2.75, 3.05) is 11.9 Å². The molecule has 1 amide bonds. The quantitative estimate of drug-likeness (QED) is 0.860. The number of ether oxygens (including phenoxy) is 1. The molecule has 0 atom stereocenters. The average molecular weight is 303 g/mol. The van der Waals surface area contributed by atoms with Crippen LogP contribution in [-0.4, -0.2) is 12.5 Å². The summed E-state index contributed by atoms with van der Waals surface area (Å²) in [5, 5.41) is 20.1. The van der Waals surface area contributed by atoms with Crippen molar-refractivity contribution in [1.82, 2.24) is 0 Å². The molecular formula is C18H13N3O2. The van der Waals surface area contributed by atoms with Crippen molar-refractivity contribution in [3.05, 3.63) is 65.7 Å². The Labute approximate surface area is 134 Å². The SMILES string of the molecule is N#CC(C#N)=Cc1ccc(OCC(=O)Nc2ccccc2)cc1. The summed E-state index contributed by atoms with van der Waals surface area (Å²) in [6.07, 6.45) is 1.48. The Bertz CT molecular complexity index is 766. The number of allylic oxidation sites excluding steroid dienone is 1. The number of hydrogen-bond acceptors (Lipinski definition) is 4. The minimum atomic E-state index is -0.253. The van der Waals surface area contributed by atoms with E-state index in [1.165, 1.54) is 6.08 Å². The van der Waals surface area contributed by atoms with Gasteiger partial charge in [-0.05, 0) is 35.9 Å². The highest BCUT2D eigenvalue weighted by Crippen LogP contribution is 2.14. The monoisotopic (exact) mass is 303 g/mol. The van der Waals surface area contributed by atoms with E-state index >= 15 is 0 Å². The van der Waals surface area contributed by atoms with E-state index in [1.54, 1.807) is 48.5 Å². The van der Waals surface area contributed by atoms with Gasteiger partial charge in [0.25, 0.3) is 5.91 Å². The van der Waals surface area contributed by atoms with Crippen molar-refractivity contribution >= 4 is 17.7 Å². The molecule has 0 aliphatic heterocycles. The molecule has 2 rings (SSSR count). The minimum absolute atomic E-state index is 0.0286. The van der Waals surface area contributed by atoms with Crippen LogP contribution in [0.5, 0.6) is 5.75 Å². The topological polar surface area (TPSA) is 85.9 Å². The van der Waals surface area contributed by atoms with Gasteiger partial charge in [-0.25, -0.2) is 0 Å². The molecule has 0 heterocycles. The van der Waals surface area contributed by atoms with E-state index in [-0.39, 0.29) is 18.1 Å². The van der Waals surface area contributed by atoms with Crippen LogP contribution in [0.25, 0.3) is 6.08 Å². The molecule has 0 saturated heterocycles. The molecule has 0 spiro atoms. The van der Waals surface area contributed by atoms with Gasteiger partial charge in [-0.1, -0.05) is 30.3 Å². The Morgan fingerprint density at radius 3 is 2.30 bits per heavy atom. The summed E-state index contributed by atoms with van der Waals surface area (Å²) < 4.78 is 5.39. The highest BCUT2D eigenvalue weighted by atomic mass is 16.5. The summed E-state index contributed by atoms with van der Waals surface area (Å²) in [7, 11) is 0. The van der Waals surface area contributed by atoms with Gasteiger partial charge in [-0.15, -0.1) is 0 Å². The van der Waals surface area contributed by atoms with Gasteiger partial charge in [-0.3, -0.25) is 4.79 Å². The van der Waals surface area contributed by atoms with Gasteiger partial charge in [0.2, 0.25) is 0 Å². The number of para-hydroxylation sites is 1. The second-order valence-electron chi connectivity index (χ2n) is 4.55. The van der Waals surface area contributed by atoms with E-state index in [4.69, 9.17) is 15.3 Å². The third-order valence-electron chi connectivity index (χ3n) is 2.86. The lowest BCUT2D eigenvalue weighted by Gasteiger charge is -2.07. The summed E-state index contributed by atoms with van der Waals surface area (Å²) in [6.45, 7) is -0.105. The van der Waals surface area contributed by atoms with Crippen LogP contribution in [0.3, 0.4) is 0 Å². The summed E-state index contributed by atoms with van der Waals surface area (Å²) >= 11 is 0. The number of amides is 1. The van der Waals surface area contributed by atoms with Crippen LogP contribution >= 0.6 is 0 Å². The first-order chi connectivity index (χ1) is 11.2. The third-order valence-corrected chi connectivity index (χ3v) is 2.86. The fourth-order valence-corrected chi connectivity index (χ4v) is 1.78. The fraction of sp³-hybridized carbons (Fsp3) is 0.0556. The maximum Gasteiger partial charge on any atom is 0.262 e. The van der Waals surface area contributed by atoms with Gasteiger partial charge in [0.05, 0.1) is 0 Å². The molecule has 1 N–H and O–H groups in total. The minimum Gasteiger partial charge on any atom is -0.484 e. The molecule has 0 unspecified atom stereocenters. The summed E-state index contributed by atoms with van der Waals surface area (Å²) in [4.78, 5) is 11.8. The molecule has 0 aromatic heterocycles. The number of carbonyl (C=O) groups is 1. The molecule has 0 aliphatic rings. The predicted molar refractivity (Wildman–Crippen MR) is 86.2 cm³/mol. The van der Waals surface area contributed by atoms with Crippen molar-refractivity contribution in [1.29, 1.82) is 10.5 Å². The Morgan fingerprint density at radius 1 is 1.04 bits per heavy atom. The van der Waals surface area contributed by atoms with Gasteiger partial charge in [0, 0.05) is 5.69 Å². The third kappa shape index (κ3) is 5.04. The van der Waals surface area contributed by atoms with Gasteiger partial charge in [-0.2, -0.15) is 10.5 Å². The molecule has 0 saturated carbocycles. The molecule has 2 aromatic rings. The Hall–Kier alpha value is -3.57. The molecular weight excluding hydrogens is 290 g/mol. The van der Waals surface area contributed by atoms with Crippen LogP contribution in [0, 0.1) is 22.7 Å². The van der Waals surface area contributed by atoms with Gasteiger partial charge < -0.3 is 10.1 Å². The molecule has 0 fully saturated rings. The number of benzene rings is 2. The molecule has 0 bridgehead atoms. The number of nitrogens with zero attached hydrogens (tertiary/aromatic N) is 2. The largest absolute Gasteiger partial charge is 0.484 e. The van der Waals surface area contributed by atoms with E-state index in [1.807, 2.05) is 18.2 Å². The molecule has 23 heavy (non-hydrogen) atoms. The van der Waals surface area contributed by atoms with Crippen LogP contribution in [-0.2, 0) is 4.79 Å². The predicted octanol–water partition coefficient (Wildman–Crippen LogP) is 3.13. The summed E-state index contributed by atoms with van der Waals surface area (Å²) in [5.74, 6) is 0.275. The van der Waals surface area contributed by atoms with Gasteiger partial charge >= 0.3 is 0 Å². The number of carbonyl (C=O) groups excluding carboxylic acids is 1. The maximum atomic E-state index is 11.8. The van der Waals surface area contributed by atoms with E-state index in [9.17, 15) is 4.79 Å². The normalized spacial score (nSPS) is 9.13. The van der Waals surface area contributed by atoms with Crippen LogP contribution in [0.2, 0.25) is 0 Å². The molecule has 2 aromatic carbocycles. The van der Waals surface area contributed by atoms with E-state index < -0.39 is 0 Å². The van der Waals surface area contributed by atoms with Crippen molar-refractivity contribution in [3.8, 4) is 17.9 Å². The molecule has 112 valence electrons. The highest BCUT2D eigenvalue weighted by molar-refractivity contribution is 5.91. The molecule has 5 nitrogen and oxygen atoms in total. The smallest absolute Gasteiger partial charge is 0.262 e. The first-order valence-corrected chi connectivity index (χ1v) is 6.81. The van der Waals surface area contributed by atoms with Gasteiger partial charge in [0.1, 0.15) is 23.5 Å². The zero-order valence-electron chi connectivity index (χ0n) is 12.2. The highest BCUT2D eigenvalue weighted by Gasteiger charge is 2.03. The van der Waals surface area contributed by atoms with Crippen LogP contribution in [0.1, 0.15) is 5.56 Å². The first kappa shape index (κ1) is 15.8. The summed E-state index contributed by atoms with van der Waals surface area (Å²) in [5.41, 5.74) is 1.45. The van der Waals surface area contributed by atoms with E-state index in [0.29, 0.717) is 17.0 Å². The lowest BCUT2D eigenvalue weighted by molar-refractivity contribution is -0.118. The first-order valence-electron chi connectivity index (χ1n) is 6.81. The summed E-state index contributed by atoms with van der Waals surface area (Å²) in [6, 6.07) is 19.5. The average Bonchev–Trinajstić information content (AvgIpc) is 2.60. The maximum absolute atomic E-state index is 11.8. The van der Waals surface area contributed by atoms with E-state index in [2.05, 4.69) is 5.32 Å². The zero-order valence-corrected chi connectivity index (χ0v) is 12.2. The Morgan fingerprint density at radius 2 is 1.70 bits per heavy atom. The van der Waals surface area contributed by atoms with Crippen molar-refractivity contribution in [2.45, 2.75) is 0 Å². The number of rotatable bonds is 5. The number of anilines is 1. The molecule has 0 radical (unpaired) electrons. The second kappa shape index (κ2) is 8.02. The van der Waals surface area contributed by atoms with E-state index in [0.717, 1.165) is 0 Å². The lowest BCUT2D eigenvalue weighted by atomic mass is 10.1. The second-order valence-corrected chi connectivity index (χ2v) is 4.55. The standard InChI is InChI=1S/C18H13N3O2/c19-11-15(12-20)10-14-6-8-17(9-7-14)23-13-18(22)21-16-4-2-1-3-5-16/h1-10H,13H2,(H,21,22). The van der Waals surface area contributed by atoms with Crippen LogP contribution < -0.4 is 10.1 Å². The zero-order chi connectivity index (χ0) is 16.5. The lowest BCUT2D eigenvalue weighted by Crippen LogP contribution is -2.20. The van der Waals surface area contributed by atoms with Crippen LogP contribution in [0.4, 0.5) is 5.69 Å². The number of nitrogens with one attached hydrogen (secondary N) is 1. The van der Waals surface area contributed by atoms with Crippen LogP contribution in [0.15, 0.2) is 60.2 Å². The Kier molecular flexibility index (Phi) is 5.51. The molecule has 0 aliphatic carbocycles.